The van der Waals surface area contributed by atoms with Crippen molar-refractivity contribution in [3.8, 4) is 0 Å². The second kappa shape index (κ2) is 5.09. The normalized spacial score (nSPS) is 24.8. The van der Waals surface area contributed by atoms with Crippen LogP contribution in [-0.2, 0) is 12.8 Å². The molecule has 0 nitrogen and oxygen atoms in total. The van der Waals surface area contributed by atoms with Crippen LogP contribution in [0.2, 0.25) is 0 Å². The third-order valence-corrected chi connectivity index (χ3v) is 4.97. The molecule has 2 atom stereocenters. The van der Waals surface area contributed by atoms with Gasteiger partial charge in [-0.25, -0.2) is 0 Å². The van der Waals surface area contributed by atoms with Crippen LogP contribution in [0, 0.1) is 6.42 Å². The lowest BCUT2D eigenvalue weighted by molar-refractivity contribution is 0.477. The first kappa shape index (κ1) is 12.2. The zero-order valence-electron chi connectivity index (χ0n) is 11.8. The van der Waals surface area contributed by atoms with E-state index in [9.17, 15) is 0 Å². The van der Waals surface area contributed by atoms with Crippen molar-refractivity contribution in [2.75, 3.05) is 0 Å². The van der Waals surface area contributed by atoms with Gasteiger partial charge >= 0.3 is 0 Å². The maximum Gasteiger partial charge on any atom is -0.00221 e. The van der Waals surface area contributed by atoms with E-state index in [1.54, 1.807) is 16.7 Å². The number of fused-ring (bicyclic) bond motifs is 2. The third kappa shape index (κ3) is 1.98. The molecule has 2 radical (unpaired) electrons. The standard InChI is InChI=1S/C20H20/c1-3-11-17-15(7-1)9-5-13-19(17)20-14-6-10-16-8-2-4-12-18(16)20/h1-4,7-8,11-12,19-20H,5-6,9-10,13H2. The summed E-state index contributed by atoms with van der Waals surface area (Å²) in [7, 11) is 0. The molecule has 0 amide bonds. The molecule has 2 aromatic carbocycles. The Kier molecular flexibility index (Phi) is 3.10. The summed E-state index contributed by atoms with van der Waals surface area (Å²) in [6.45, 7) is 0. The van der Waals surface area contributed by atoms with Gasteiger partial charge in [-0.3, -0.25) is 0 Å². The molecule has 2 unspecified atom stereocenters. The minimum Gasteiger partial charge on any atom is -0.0620 e. The topological polar surface area (TPSA) is 0 Å². The number of benzene rings is 2. The Morgan fingerprint density at radius 3 is 2.35 bits per heavy atom. The van der Waals surface area contributed by atoms with Crippen LogP contribution in [-0.4, -0.2) is 0 Å². The van der Waals surface area contributed by atoms with Gasteiger partial charge in [0.2, 0.25) is 0 Å². The molecule has 0 saturated carbocycles. The van der Waals surface area contributed by atoms with Gasteiger partial charge in [-0.2, -0.15) is 0 Å². The first-order valence-electron chi connectivity index (χ1n) is 7.82. The number of aryl methyl sites for hydroxylation is 2. The summed E-state index contributed by atoms with van der Waals surface area (Å²) in [5.41, 5.74) is 6.21. The van der Waals surface area contributed by atoms with E-state index >= 15 is 0 Å². The van der Waals surface area contributed by atoms with Crippen LogP contribution in [0.25, 0.3) is 0 Å². The van der Waals surface area contributed by atoms with Gasteiger partial charge in [0.25, 0.3) is 0 Å². The van der Waals surface area contributed by atoms with Gasteiger partial charge in [-0.05, 0) is 72.6 Å². The van der Waals surface area contributed by atoms with Crippen LogP contribution >= 0.6 is 0 Å². The van der Waals surface area contributed by atoms with E-state index < -0.39 is 0 Å². The molecule has 2 aromatic rings. The zero-order valence-corrected chi connectivity index (χ0v) is 11.8. The van der Waals surface area contributed by atoms with Gasteiger partial charge in [-0.1, -0.05) is 48.5 Å². The average Bonchev–Trinajstić information content (AvgIpc) is 2.54. The Hall–Kier alpha value is -1.56. The molecular formula is C20H20. The van der Waals surface area contributed by atoms with Gasteiger partial charge in [0.05, 0.1) is 0 Å². The number of hydrogen-bond donors (Lipinski definition) is 0. The zero-order chi connectivity index (χ0) is 13.4. The SMILES string of the molecule is [C]1CCc2ccccc2C1C1CCCc2ccccc21. The lowest BCUT2D eigenvalue weighted by Crippen LogP contribution is -2.21. The fourth-order valence-electron chi connectivity index (χ4n) is 4.03. The Labute approximate surface area is 121 Å². The molecule has 0 spiro atoms. The number of rotatable bonds is 1. The van der Waals surface area contributed by atoms with E-state index in [0.717, 1.165) is 6.42 Å². The molecule has 0 saturated heterocycles. The predicted octanol–water partition coefficient (Wildman–Crippen LogP) is 4.92. The molecule has 2 aliphatic carbocycles. The van der Waals surface area contributed by atoms with Crippen molar-refractivity contribution in [1.29, 1.82) is 0 Å². The molecule has 2 aliphatic rings. The van der Waals surface area contributed by atoms with Gasteiger partial charge in [0.1, 0.15) is 0 Å². The van der Waals surface area contributed by atoms with Crippen LogP contribution in [0.15, 0.2) is 48.5 Å². The van der Waals surface area contributed by atoms with Crippen molar-refractivity contribution in [2.24, 2.45) is 0 Å². The van der Waals surface area contributed by atoms with E-state index in [2.05, 4.69) is 55.0 Å². The Morgan fingerprint density at radius 1 is 0.800 bits per heavy atom. The molecule has 0 heterocycles. The first-order valence-corrected chi connectivity index (χ1v) is 7.82. The summed E-state index contributed by atoms with van der Waals surface area (Å²) in [4.78, 5) is 0. The van der Waals surface area contributed by atoms with Crippen molar-refractivity contribution in [1.82, 2.24) is 0 Å². The summed E-state index contributed by atoms with van der Waals surface area (Å²) in [6.07, 6.45) is 9.95. The lowest BCUT2D eigenvalue weighted by atomic mass is 9.68. The highest BCUT2D eigenvalue weighted by Crippen LogP contribution is 2.46. The summed E-state index contributed by atoms with van der Waals surface area (Å²) in [5, 5.41) is 0. The number of hydrogen-bond acceptors (Lipinski definition) is 0. The molecule has 0 aliphatic heterocycles. The van der Waals surface area contributed by atoms with E-state index in [1.165, 1.54) is 31.2 Å². The second-order valence-electron chi connectivity index (χ2n) is 6.08. The maximum absolute atomic E-state index is 3.79. The maximum atomic E-state index is 3.79. The Bertz CT molecular complexity index is 555. The van der Waals surface area contributed by atoms with Crippen LogP contribution in [0.1, 0.15) is 53.4 Å². The van der Waals surface area contributed by atoms with Crippen molar-refractivity contribution < 1.29 is 0 Å². The summed E-state index contributed by atoms with van der Waals surface area (Å²) in [6, 6.07) is 18.0. The molecule has 0 N–H and O–H groups in total. The van der Waals surface area contributed by atoms with Crippen LogP contribution in [0.5, 0.6) is 0 Å². The van der Waals surface area contributed by atoms with Gasteiger partial charge in [-0.15, -0.1) is 0 Å². The lowest BCUT2D eigenvalue weighted by Gasteiger charge is -2.35. The Balaban J connectivity index is 1.77. The minimum atomic E-state index is 0.501. The predicted molar refractivity (Wildman–Crippen MR) is 82.9 cm³/mol. The molecule has 0 heteroatoms. The van der Waals surface area contributed by atoms with E-state index in [0.29, 0.717) is 11.8 Å². The second-order valence-corrected chi connectivity index (χ2v) is 6.08. The highest BCUT2D eigenvalue weighted by molar-refractivity contribution is 5.42. The molecule has 4 rings (SSSR count). The van der Waals surface area contributed by atoms with Crippen molar-refractivity contribution in [3.63, 3.8) is 0 Å². The Morgan fingerprint density at radius 2 is 1.50 bits per heavy atom. The van der Waals surface area contributed by atoms with Crippen molar-refractivity contribution >= 4 is 0 Å². The van der Waals surface area contributed by atoms with E-state index in [4.69, 9.17) is 0 Å². The summed E-state index contributed by atoms with van der Waals surface area (Å²) < 4.78 is 0. The summed E-state index contributed by atoms with van der Waals surface area (Å²) >= 11 is 0. The minimum absolute atomic E-state index is 0.501. The van der Waals surface area contributed by atoms with E-state index in [-0.39, 0.29) is 0 Å². The van der Waals surface area contributed by atoms with Gasteiger partial charge in [0.15, 0.2) is 0 Å². The molecule has 0 bridgehead atoms. The van der Waals surface area contributed by atoms with Crippen LogP contribution < -0.4 is 0 Å². The quantitative estimate of drug-likeness (QED) is 0.683. The fourth-order valence-corrected chi connectivity index (χ4v) is 4.03. The highest BCUT2D eigenvalue weighted by Gasteiger charge is 2.31. The molecule has 0 fully saturated rings. The van der Waals surface area contributed by atoms with Gasteiger partial charge < -0.3 is 0 Å². The molecule has 0 aromatic heterocycles. The highest BCUT2D eigenvalue weighted by atomic mass is 14.4. The van der Waals surface area contributed by atoms with Gasteiger partial charge in [0, 0.05) is 0 Å². The van der Waals surface area contributed by atoms with E-state index in [1.807, 2.05) is 0 Å². The van der Waals surface area contributed by atoms with Crippen LogP contribution in [0.3, 0.4) is 0 Å². The third-order valence-electron chi connectivity index (χ3n) is 4.97. The monoisotopic (exact) mass is 260 g/mol. The van der Waals surface area contributed by atoms with Crippen LogP contribution in [0.4, 0.5) is 0 Å². The smallest absolute Gasteiger partial charge is 0.00221 e. The first-order chi connectivity index (χ1) is 9.93. The molecular weight excluding hydrogens is 240 g/mol. The van der Waals surface area contributed by atoms with Crippen molar-refractivity contribution in [2.45, 2.75) is 43.9 Å². The molecule has 100 valence electrons. The van der Waals surface area contributed by atoms with Crippen molar-refractivity contribution in [3.05, 3.63) is 77.2 Å². The summed E-state index contributed by atoms with van der Waals surface area (Å²) in [5.74, 6) is 1.14. The average molecular weight is 260 g/mol. The molecule has 20 heavy (non-hydrogen) atoms. The fraction of sp³-hybridized carbons (Fsp3) is 0.350. The largest absolute Gasteiger partial charge is 0.0620 e.